The lowest BCUT2D eigenvalue weighted by molar-refractivity contribution is -0.697. The Morgan fingerprint density at radius 2 is 0.561 bits per heavy atom. The van der Waals surface area contributed by atoms with E-state index in [0.717, 1.165) is 98.3 Å². The molecule has 2 aromatic carbocycles. The van der Waals surface area contributed by atoms with Crippen LogP contribution in [-0.2, 0) is 33.3 Å². The molecule has 0 spiro atoms. The number of unbranched alkanes of at least 4 members (excludes halogenated alkanes) is 15. The van der Waals surface area contributed by atoms with Gasteiger partial charge in [0.2, 0.25) is 0 Å². The topological polar surface area (TPSA) is 88.6 Å². The van der Waals surface area contributed by atoms with Gasteiger partial charge in [-0.2, -0.15) is 0 Å². The molecule has 0 amide bonds. The number of nitrogens with zero attached hydrogens (tertiary/aromatic N) is 5. The second-order valence-electron chi connectivity index (χ2n) is 17.5. The minimum atomic E-state index is 0.269. The van der Waals surface area contributed by atoms with Crippen molar-refractivity contribution in [1.82, 2.24) is 9.97 Å². The fraction of sp³-hybridized carbons (Fsp3) is 0.436. The summed E-state index contributed by atoms with van der Waals surface area (Å²) in [5, 5.41) is 0. The van der Waals surface area contributed by atoms with Gasteiger partial charge in [0.25, 0.3) is 0 Å². The Kier molecular flexibility index (Phi) is 22.9. The van der Waals surface area contributed by atoms with E-state index >= 15 is 0 Å². The molecule has 8 nitrogen and oxygen atoms in total. The number of hydrogen-bond acceptors (Lipinski definition) is 5. The molecule has 0 fully saturated rings. The normalized spacial score (nSPS) is 11.5. The third kappa shape index (κ3) is 17.5. The van der Waals surface area contributed by atoms with Gasteiger partial charge in [-0.3, -0.25) is 13.7 Å². The van der Waals surface area contributed by atoms with Crippen molar-refractivity contribution in [2.75, 3.05) is 18.5 Å². The van der Waals surface area contributed by atoms with E-state index in [9.17, 15) is 13.7 Å². The van der Waals surface area contributed by atoms with Crippen molar-refractivity contribution in [2.24, 2.45) is 0 Å². The Morgan fingerprint density at radius 1 is 0.303 bits per heavy atom. The molecule has 0 aliphatic carbocycles. The number of benzene rings is 2. The van der Waals surface area contributed by atoms with E-state index in [-0.39, 0.29) is 25.4 Å². The molecular weight excluding hydrogens is 872 g/mol. The highest BCUT2D eigenvalue weighted by molar-refractivity contribution is 7.24. The van der Waals surface area contributed by atoms with Gasteiger partial charge in [-0.15, -0.1) is 0 Å². The molecule has 0 aliphatic rings. The first-order chi connectivity index (χ1) is 32.6. The maximum atomic E-state index is 10.7. The number of rotatable bonds is 32. The van der Waals surface area contributed by atoms with E-state index in [0.29, 0.717) is 5.82 Å². The highest BCUT2D eigenvalue weighted by atomic mass is 31.1. The summed E-state index contributed by atoms with van der Waals surface area (Å²) in [6.07, 6.45) is 36.6. The van der Waals surface area contributed by atoms with Gasteiger partial charge in [-0.25, -0.2) is 23.7 Å². The lowest BCUT2D eigenvalue weighted by atomic mass is 10.0. The SMILES string of the molecule is O=PCCCCCCCC[n+]1ccc(-c2ccc(-c3cc(-c4ccc(-c5cc[n+](CCCCCCCCP=O)cc5)cc4)nc(-c4cc[n+](CCCCCCCCP=O)cc4)n3)cc2)cc1. The second kappa shape index (κ2) is 29.8. The first kappa shape index (κ1) is 50.7. The van der Waals surface area contributed by atoms with Gasteiger partial charge in [-0.05, 0) is 66.8 Å². The van der Waals surface area contributed by atoms with Crippen molar-refractivity contribution in [3.63, 3.8) is 0 Å². The van der Waals surface area contributed by atoms with Crippen molar-refractivity contribution in [3.05, 3.63) is 128 Å². The van der Waals surface area contributed by atoms with Gasteiger partial charge in [0, 0.05) is 90.8 Å². The summed E-state index contributed by atoms with van der Waals surface area (Å²) >= 11 is 0. The fourth-order valence-electron chi connectivity index (χ4n) is 8.43. The van der Waals surface area contributed by atoms with E-state index in [4.69, 9.17) is 9.97 Å². The van der Waals surface area contributed by atoms with Crippen LogP contribution in [-0.4, -0.2) is 28.5 Å². The van der Waals surface area contributed by atoms with Crippen LogP contribution in [0.5, 0.6) is 0 Å². The standard InChI is InChI=1S/C55H69N5O3P3/c61-64-42-16-10-4-1-7-13-33-58-36-27-48(28-37-58)46-19-23-50(24-20-46)53-45-54(57-55(56-53)52-31-40-60(41-32-52)35-15-9-3-6-12-18-44-66-63)51-25-21-47(22-26-51)49-29-38-59(39-30-49)34-14-8-2-5-11-17-43-65-62/h19-32,36-41,45H,1-18,33-35,42-44H2/q+3. The molecule has 6 rings (SSSR count). The predicted octanol–water partition coefficient (Wildman–Crippen LogP) is 14.6. The quantitative estimate of drug-likeness (QED) is 0.0239. The van der Waals surface area contributed by atoms with E-state index in [2.05, 4.69) is 142 Å². The number of aryl methyl sites for hydroxylation is 3. The van der Waals surface area contributed by atoms with Crippen LogP contribution in [0.1, 0.15) is 116 Å². The van der Waals surface area contributed by atoms with Crippen molar-refractivity contribution in [3.8, 4) is 56.2 Å². The molecule has 344 valence electrons. The van der Waals surface area contributed by atoms with Crippen LogP contribution in [0.3, 0.4) is 0 Å². The number of hydrogen-bond donors (Lipinski definition) is 0. The van der Waals surface area contributed by atoms with E-state index in [1.807, 2.05) is 0 Å². The molecule has 0 saturated carbocycles. The first-order valence-electron chi connectivity index (χ1n) is 24.6. The zero-order chi connectivity index (χ0) is 45.9. The third-order valence-corrected chi connectivity index (χ3v) is 13.9. The van der Waals surface area contributed by atoms with Crippen molar-refractivity contribution >= 4 is 25.4 Å². The summed E-state index contributed by atoms with van der Waals surface area (Å²) in [5.41, 5.74) is 9.58. The van der Waals surface area contributed by atoms with Crippen LogP contribution in [0.25, 0.3) is 56.2 Å². The molecule has 0 radical (unpaired) electrons. The van der Waals surface area contributed by atoms with Gasteiger partial charge in [-0.1, -0.05) is 106 Å². The Balaban J connectivity index is 1.12. The van der Waals surface area contributed by atoms with E-state index in [1.165, 1.54) is 106 Å². The zero-order valence-corrected chi connectivity index (χ0v) is 41.6. The molecule has 4 aromatic heterocycles. The van der Waals surface area contributed by atoms with Crippen LogP contribution >= 0.6 is 25.4 Å². The van der Waals surface area contributed by atoms with Gasteiger partial charge in [0.15, 0.2) is 68.4 Å². The van der Waals surface area contributed by atoms with Crippen LogP contribution in [0, 0.1) is 0 Å². The van der Waals surface area contributed by atoms with Crippen LogP contribution in [0.2, 0.25) is 0 Å². The lowest BCUT2D eigenvalue weighted by Gasteiger charge is -2.11. The molecule has 0 N–H and O–H groups in total. The second-order valence-corrected chi connectivity index (χ2v) is 19.6. The third-order valence-electron chi connectivity index (χ3n) is 12.4. The molecule has 0 unspecified atom stereocenters. The predicted molar refractivity (Wildman–Crippen MR) is 270 cm³/mol. The molecule has 6 aromatic rings. The Morgan fingerprint density at radius 3 is 0.879 bits per heavy atom. The molecule has 0 saturated heterocycles. The molecule has 11 heteroatoms. The van der Waals surface area contributed by atoms with E-state index in [1.54, 1.807) is 0 Å². The Hall–Kier alpha value is -4.73. The summed E-state index contributed by atoms with van der Waals surface area (Å²) in [6.45, 7) is 3.02. The molecule has 0 bridgehead atoms. The van der Waals surface area contributed by atoms with Crippen molar-refractivity contribution < 1.29 is 27.4 Å². The van der Waals surface area contributed by atoms with Gasteiger partial charge in [0.1, 0.15) is 19.6 Å². The maximum Gasteiger partial charge on any atom is 0.169 e. The molecule has 66 heavy (non-hydrogen) atoms. The van der Waals surface area contributed by atoms with Gasteiger partial charge >= 0.3 is 0 Å². The van der Waals surface area contributed by atoms with Crippen LogP contribution in [0.15, 0.2) is 128 Å². The lowest BCUT2D eigenvalue weighted by Crippen LogP contribution is -2.32. The van der Waals surface area contributed by atoms with Gasteiger partial charge < -0.3 is 0 Å². The molecule has 0 aliphatic heterocycles. The van der Waals surface area contributed by atoms with E-state index < -0.39 is 0 Å². The minimum absolute atomic E-state index is 0.269. The molecular formula is C55H69N5O3P3+3. The smallest absolute Gasteiger partial charge is 0.169 e. The highest BCUT2D eigenvalue weighted by Crippen LogP contribution is 2.30. The minimum Gasteiger partial charge on any atom is -0.275 e. The van der Waals surface area contributed by atoms with Crippen molar-refractivity contribution in [1.29, 1.82) is 0 Å². The first-order valence-corrected chi connectivity index (χ1v) is 27.6. The maximum absolute atomic E-state index is 10.7. The summed E-state index contributed by atoms with van der Waals surface area (Å²) in [5.74, 6) is 0.707. The average Bonchev–Trinajstić information content (AvgIpc) is 3.37. The summed E-state index contributed by atoms with van der Waals surface area (Å²) < 4.78 is 38.7. The summed E-state index contributed by atoms with van der Waals surface area (Å²) in [6, 6.07) is 32.7. The fourth-order valence-corrected chi connectivity index (χ4v) is 9.48. The van der Waals surface area contributed by atoms with Crippen LogP contribution in [0.4, 0.5) is 0 Å². The van der Waals surface area contributed by atoms with Gasteiger partial charge in [0.05, 0.1) is 11.4 Å². The Labute approximate surface area is 399 Å². The number of aromatic nitrogens is 5. The van der Waals surface area contributed by atoms with Crippen molar-refractivity contribution in [2.45, 2.75) is 135 Å². The summed E-state index contributed by atoms with van der Waals surface area (Å²) in [7, 11) is 0.821. The zero-order valence-electron chi connectivity index (χ0n) is 38.9. The monoisotopic (exact) mass is 940 g/mol. The average molecular weight is 941 g/mol. The largest absolute Gasteiger partial charge is 0.275 e. The molecule has 0 atom stereocenters. The Bertz CT molecular complexity index is 2200. The highest BCUT2D eigenvalue weighted by Gasteiger charge is 2.14. The van der Waals surface area contributed by atoms with Crippen LogP contribution < -0.4 is 13.7 Å². The molecule has 4 heterocycles. The summed E-state index contributed by atoms with van der Waals surface area (Å²) in [4.78, 5) is 10.3. The number of pyridine rings is 3.